The molecular weight excluding hydrogens is 1410 g/mol. The van der Waals surface area contributed by atoms with E-state index in [1.165, 1.54) is 36.9 Å². The van der Waals surface area contributed by atoms with Crippen molar-refractivity contribution in [1.29, 1.82) is 0 Å². The molecule has 0 unspecified atom stereocenters. The van der Waals surface area contributed by atoms with Crippen molar-refractivity contribution in [2.45, 2.75) is 188 Å². The van der Waals surface area contributed by atoms with Crippen molar-refractivity contribution in [2.75, 3.05) is 38.5 Å². The van der Waals surface area contributed by atoms with Crippen molar-refractivity contribution in [1.82, 2.24) is 88.3 Å². The second-order valence-electron chi connectivity index (χ2n) is 26.4. The van der Waals surface area contributed by atoms with Gasteiger partial charge in [0.15, 0.2) is 11.3 Å². The summed E-state index contributed by atoms with van der Waals surface area (Å²) >= 11 is 0. The van der Waals surface area contributed by atoms with Crippen molar-refractivity contribution < 1.29 is 57.5 Å². The zero-order valence-corrected chi connectivity index (χ0v) is 60.8. The topological polar surface area (TPSA) is 556 Å². The van der Waals surface area contributed by atoms with E-state index in [-0.39, 0.29) is 109 Å². The Labute approximate surface area is 620 Å². The molecule has 35 nitrogen and oxygen atoms in total. The number of fused-ring (bicyclic) bond motifs is 6. The molecule has 3 aliphatic heterocycles. The highest BCUT2D eigenvalue weighted by atomic mass is 33.1. The van der Waals surface area contributed by atoms with Gasteiger partial charge in [0.1, 0.15) is 66.5 Å². The van der Waals surface area contributed by atoms with Gasteiger partial charge in [0.25, 0.3) is 5.91 Å². The van der Waals surface area contributed by atoms with Gasteiger partial charge < -0.3 is 107 Å². The third kappa shape index (κ3) is 24.5. The number of rotatable bonds is 24. The van der Waals surface area contributed by atoms with Gasteiger partial charge in [-0.25, -0.2) is 9.97 Å². The lowest BCUT2D eigenvalue weighted by atomic mass is 10.0. The van der Waals surface area contributed by atoms with Crippen LogP contribution in [0.15, 0.2) is 90.8 Å². The number of nitrogens with zero attached hydrogens (tertiary/aromatic N) is 4. The number of benzene rings is 2. The zero-order chi connectivity index (χ0) is 76.1. The van der Waals surface area contributed by atoms with Crippen LogP contribution in [0.3, 0.4) is 0 Å². The first-order valence-electron chi connectivity index (χ1n) is 35.7. The van der Waals surface area contributed by atoms with Crippen LogP contribution in [0.4, 0.5) is 0 Å². The summed E-state index contributed by atoms with van der Waals surface area (Å²) in [5, 5.41) is 29.5. The number of carbonyl (C=O) groups excluding carboxylic acids is 12. The molecule has 2 aromatic carbocycles. The quantitative estimate of drug-likeness (QED) is 0.0127. The molecule has 574 valence electrons. The Morgan fingerprint density at radius 2 is 0.953 bits per heavy atom. The SMILES string of the molecule is C[C@@H]1NC(=O)[C@@H]2CSS[C@H](NC(=O)[C@H](CCCN=C(N)N)NC(=O)[C@H](CCCCN)NC(=O)[C@H](CCCCN)NC(=O)[C@H](CCCCN)NC1=O)C(=O)N1CCC[C@H]1C(=O)N[C@@H](Cc1cnc[nH]1)C(=O)N[C@H](Cc1ccccc1)C(=O)N[C@@H](Cc1cnc[nH]1)C(=O)N[C@@H](Cc1c[nH]c3ccccc13)C(=O)N2. The molecule has 12 atom stereocenters. The summed E-state index contributed by atoms with van der Waals surface area (Å²) in [4.78, 5) is 203. The number of aliphatic imine (C=N–C) groups is 1. The second kappa shape index (κ2) is 41.5. The summed E-state index contributed by atoms with van der Waals surface area (Å²) in [6.07, 6.45) is 8.96. The maximum absolute atomic E-state index is 15.6. The Bertz CT molecular complexity index is 3810. The molecule has 0 saturated carbocycles. The first kappa shape index (κ1) is 81.6. The summed E-state index contributed by atoms with van der Waals surface area (Å²) in [7, 11) is 1.52. The molecule has 24 N–H and O–H groups in total. The van der Waals surface area contributed by atoms with E-state index in [0.29, 0.717) is 82.7 Å². The van der Waals surface area contributed by atoms with E-state index >= 15 is 38.4 Å². The molecule has 3 aliphatic rings. The summed E-state index contributed by atoms with van der Waals surface area (Å²) < 4.78 is 0. The second-order valence-corrected chi connectivity index (χ2v) is 28.9. The summed E-state index contributed by atoms with van der Waals surface area (Å²) in [5.74, 6) is -11.1. The van der Waals surface area contributed by atoms with Gasteiger partial charge in [0.2, 0.25) is 65.0 Å². The minimum absolute atomic E-state index is 0.00232. The fourth-order valence-corrected chi connectivity index (χ4v) is 14.9. The van der Waals surface area contributed by atoms with Gasteiger partial charge >= 0.3 is 0 Å². The smallest absolute Gasteiger partial charge is 0.257 e. The Morgan fingerprint density at radius 1 is 0.491 bits per heavy atom. The number of unbranched alkanes of at least 4 members (excludes halogenated alkanes) is 3. The Hall–Kier alpha value is -10.1. The Kier molecular flexibility index (Phi) is 32.0. The normalized spacial score (nSPS) is 24.9. The van der Waals surface area contributed by atoms with E-state index < -0.39 is 148 Å². The number of para-hydroxylation sites is 1. The number of hydrogen-bond acceptors (Lipinski definition) is 20. The number of amides is 12. The van der Waals surface area contributed by atoms with Crippen LogP contribution in [-0.2, 0) is 83.2 Å². The third-order valence-corrected chi connectivity index (χ3v) is 20.8. The molecule has 12 amide bonds. The van der Waals surface area contributed by atoms with Gasteiger partial charge in [-0.15, -0.1) is 0 Å². The Balaban J connectivity index is 1.27. The minimum atomic E-state index is -1.70. The van der Waals surface area contributed by atoms with Crippen molar-refractivity contribution >= 4 is 109 Å². The summed E-state index contributed by atoms with van der Waals surface area (Å²) in [6.45, 7) is 1.95. The van der Waals surface area contributed by atoms with Crippen LogP contribution in [-0.4, -0.2) is 217 Å². The van der Waals surface area contributed by atoms with E-state index in [0.717, 1.165) is 10.8 Å². The van der Waals surface area contributed by atoms with Crippen molar-refractivity contribution in [3.63, 3.8) is 0 Å². The van der Waals surface area contributed by atoms with Crippen LogP contribution in [0.2, 0.25) is 0 Å². The van der Waals surface area contributed by atoms with Gasteiger partial charge in [0, 0.05) is 85.4 Å². The van der Waals surface area contributed by atoms with Gasteiger partial charge in [-0.1, -0.05) is 70.1 Å². The molecule has 8 rings (SSSR count). The monoisotopic (exact) mass is 1510 g/mol. The third-order valence-electron chi connectivity index (χ3n) is 18.3. The fraction of sp³-hybridized carbons (Fsp3) is 0.522. The molecule has 5 aromatic rings. The highest BCUT2D eigenvalue weighted by molar-refractivity contribution is 8.77. The van der Waals surface area contributed by atoms with Crippen LogP contribution in [0.1, 0.15) is 113 Å². The molecule has 6 heterocycles. The molecule has 0 spiro atoms. The molecule has 37 heteroatoms. The lowest BCUT2D eigenvalue weighted by Gasteiger charge is -2.31. The highest BCUT2D eigenvalue weighted by Gasteiger charge is 2.43. The predicted octanol–water partition coefficient (Wildman–Crippen LogP) is -2.96. The number of carbonyl (C=O) groups is 12. The number of nitrogens with two attached hydrogens (primary N) is 5. The van der Waals surface area contributed by atoms with Crippen LogP contribution in [0.25, 0.3) is 10.9 Å². The van der Waals surface area contributed by atoms with Crippen LogP contribution in [0, 0.1) is 0 Å². The number of hydrogen-bond donors (Lipinski definition) is 19. The molecule has 0 radical (unpaired) electrons. The first-order valence-corrected chi connectivity index (χ1v) is 38.1. The Morgan fingerprint density at radius 3 is 1.48 bits per heavy atom. The maximum atomic E-state index is 15.6. The molecule has 106 heavy (non-hydrogen) atoms. The van der Waals surface area contributed by atoms with Gasteiger partial charge in [-0.05, 0) is 127 Å². The predicted molar refractivity (Wildman–Crippen MR) is 397 cm³/mol. The van der Waals surface area contributed by atoms with E-state index in [4.69, 9.17) is 28.7 Å². The number of aromatic amines is 3. The fourth-order valence-electron chi connectivity index (χ4n) is 12.5. The van der Waals surface area contributed by atoms with Crippen LogP contribution in [0.5, 0.6) is 0 Å². The molecule has 2 bridgehead atoms. The van der Waals surface area contributed by atoms with Gasteiger partial charge in [0.05, 0.1) is 12.7 Å². The molecule has 3 fully saturated rings. The van der Waals surface area contributed by atoms with Gasteiger partial charge in [-0.3, -0.25) is 62.5 Å². The average molecular weight is 1510 g/mol. The first-order chi connectivity index (χ1) is 51.1. The zero-order valence-electron chi connectivity index (χ0n) is 59.2. The number of nitrogens with one attached hydrogen (secondary N) is 14. The van der Waals surface area contributed by atoms with Crippen LogP contribution >= 0.6 is 21.6 Å². The summed E-state index contributed by atoms with van der Waals surface area (Å²) in [5.41, 5.74) is 31.6. The minimum Gasteiger partial charge on any atom is -0.370 e. The van der Waals surface area contributed by atoms with Crippen molar-refractivity contribution in [3.8, 4) is 0 Å². The number of aromatic nitrogens is 5. The lowest BCUT2D eigenvalue weighted by Crippen LogP contribution is -2.62. The van der Waals surface area contributed by atoms with Crippen LogP contribution < -0.4 is 87.2 Å². The number of H-pyrrole nitrogens is 3. The molecule has 3 saturated heterocycles. The number of imidazole rings is 2. The average Bonchev–Trinajstić information content (AvgIpc) is 1.65. The largest absolute Gasteiger partial charge is 0.370 e. The molecular formula is C69H99N23O12S2. The number of guanidine groups is 1. The van der Waals surface area contributed by atoms with E-state index in [9.17, 15) is 19.2 Å². The summed E-state index contributed by atoms with van der Waals surface area (Å²) in [6, 6.07) is -0.0828. The standard InChI is InChI=1S/C69H99N23O12S2/c1-39-56(93)82-46(19-7-10-24-70)57(94)83-47(20-8-11-25-71)58(95)84-48(21-9-12-26-72)59(96)85-49(22-13-27-77-69(73)74)60(97)91-67-68(104)92-28-14-23-55(92)66(103)89-53(32-43-35-76-38-80-43)64(101)86-50(29-40-15-3-2-4-16-40)61(98)88-52(31-42-34-75-37-79-42)63(100)87-51(30-41-33-78-45-18-6-5-17-44(41)45)62(99)90-54(36-105-106-67)65(102)81-39/h2-6,15-18,33-35,37-39,46-55,67,78H,7-14,19-32,36,70-72H2,1H3,(H,75,79)(H,76,80)(H,81,102)(H,82,93)(H,83,94)(H,84,95)(H,85,96)(H,86,101)(H,87,100)(H,88,98)(H,89,103)(H,90,99)(H,91,97)(H4,73,74,77)/t39-,46-,47-,48-,49-,50+,51-,52-,53-,54-,55-,67-/m0/s1. The van der Waals surface area contributed by atoms with E-state index in [1.54, 1.807) is 60.8 Å². The lowest BCUT2D eigenvalue weighted by molar-refractivity contribution is -0.141. The molecule has 0 aliphatic carbocycles. The highest BCUT2D eigenvalue weighted by Crippen LogP contribution is 2.31. The van der Waals surface area contributed by atoms with E-state index in [2.05, 4.69) is 88.4 Å². The van der Waals surface area contributed by atoms with Crippen molar-refractivity contribution in [2.24, 2.45) is 33.7 Å². The molecule has 3 aromatic heterocycles. The van der Waals surface area contributed by atoms with Gasteiger partial charge in [-0.2, -0.15) is 0 Å². The van der Waals surface area contributed by atoms with Crippen molar-refractivity contribution in [3.05, 3.63) is 108 Å². The maximum Gasteiger partial charge on any atom is 0.257 e. The van der Waals surface area contributed by atoms with E-state index in [1.807, 2.05) is 0 Å².